The molecule has 2 saturated heterocycles. The second kappa shape index (κ2) is 14.8. The number of benzene rings is 3. The summed E-state index contributed by atoms with van der Waals surface area (Å²) in [6.07, 6.45) is -1.77. The van der Waals surface area contributed by atoms with Gasteiger partial charge in [-0.1, -0.05) is 74.5 Å². The standard InChI is InChI=1S/C36H44N4O7S/c1-24(2)20-39(48(43,44)28-14-15-30-32(19-28)40(25(3)37-30)21-27-12-8-5-9-13-27)22-33(41)31(18-26-10-6-4-7-11-26)38-36(42)47-34-23-46-35-29(34)16-17-45-35/h4-15,19,24,29,31,33-35,41H,16-18,20-23H2,1-3H3,(H,38,42)/t29-,31-,33+,34-,35+/m0/s1. The molecular formula is C36H44N4O7S. The summed E-state index contributed by atoms with van der Waals surface area (Å²) in [5.74, 6) is 0.709. The summed E-state index contributed by atoms with van der Waals surface area (Å²) >= 11 is 0. The molecule has 0 unspecified atom stereocenters. The van der Waals surface area contributed by atoms with Crippen LogP contribution in [0.1, 0.15) is 37.2 Å². The summed E-state index contributed by atoms with van der Waals surface area (Å²) < 4.78 is 48.8. The second-order valence-electron chi connectivity index (χ2n) is 13.1. The summed E-state index contributed by atoms with van der Waals surface area (Å²) in [5, 5.41) is 14.5. The van der Waals surface area contributed by atoms with Crippen molar-refractivity contribution in [1.82, 2.24) is 19.2 Å². The van der Waals surface area contributed by atoms with Crippen LogP contribution < -0.4 is 5.32 Å². The summed E-state index contributed by atoms with van der Waals surface area (Å²) in [6, 6.07) is 23.5. The number of nitrogens with zero attached hydrogens (tertiary/aromatic N) is 3. The highest BCUT2D eigenvalue weighted by Gasteiger charge is 2.44. The molecule has 2 aliphatic heterocycles. The van der Waals surface area contributed by atoms with Crippen LogP contribution >= 0.6 is 0 Å². The van der Waals surface area contributed by atoms with Gasteiger partial charge in [0.05, 0.1) is 47.2 Å². The van der Waals surface area contributed by atoms with Crippen molar-refractivity contribution in [2.75, 3.05) is 26.3 Å². The molecule has 48 heavy (non-hydrogen) atoms. The molecule has 6 rings (SSSR count). The van der Waals surface area contributed by atoms with Gasteiger partial charge in [0.25, 0.3) is 0 Å². The Labute approximate surface area is 281 Å². The second-order valence-corrected chi connectivity index (χ2v) is 15.0. The van der Waals surface area contributed by atoms with E-state index in [0.717, 1.165) is 23.4 Å². The van der Waals surface area contributed by atoms with Gasteiger partial charge in [-0.15, -0.1) is 0 Å². The predicted octanol–water partition coefficient (Wildman–Crippen LogP) is 4.50. The minimum Gasteiger partial charge on any atom is -0.443 e. The van der Waals surface area contributed by atoms with Crippen LogP contribution in [0.25, 0.3) is 11.0 Å². The Morgan fingerprint density at radius 1 is 1.04 bits per heavy atom. The zero-order valence-corrected chi connectivity index (χ0v) is 28.4. The molecule has 2 N–H and O–H groups in total. The van der Waals surface area contributed by atoms with E-state index in [4.69, 9.17) is 14.2 Å². The fourth-order valence-corrected chi connectivity index (χ4v) is 8.18. The van der Waals surface area contributed by atoms with Crippen molar-refractivity contribution < 1.29 is 32.5 Å². The van der Waals surface area contributed by atoms with Gasteiger partial charge in [0.2, 0.25) is 10.0 Å². The lowest BCUT2D eigenvalue weighted by molar-refractivity contribution is -0.0907. The highest BCUT2D eigenvalue weighted by molar-refractivity contribution is 7.89. The Balaban J connectivity index is 1.24. The minimum atomic E-state index is -4.07. The molecular weight excluding hydrogens is 632 g/mol. The smallest absolute Gasteiger partial charge is 0.407 e. The normalized spacial score (nSPS) is 20.7. The number of hydrogen-bond donors (Lipinski definition) is 2. The van der Waals surface area contributed by atoms with Crippen molar-refractivity contribution in [1.29, 1.82) is 0 Å². The Kier molecular flexibility index (Phi) is 10.5. The molecule has 2 fully saturated rings. The Morgan fingerprint density at radius 2 is 1.75 bits per heavy atom. The summed E-state index contributed by atoms with van der Waals surface area (Å²) in [6.45, 7) is 7.04. The summed E-state index contributed by atoms with van der Waals surface area (Å²) in [5.41, 5.74) is 3.36. The number of fused-ring (bicyclic) bond motifs is 2. The molecule has 0 radical (unpaired) electrons. The number of aromatic nitrogens is 2. The number of imidazole rings is 1. The van der Waals surface area contributed by atoms with Crippen molar-refractivity contribution in [2.45, 2.75) is 69.6 Å². The lowest BCUT2D eigenvalue weighted by Gasteiger charge is -2.31. The molecule has 3 aromatic carbocycles. The third-order valence-corrected chi connectivity index (χ3v) is 10.8. The molecule has 1 aromatic heterocycles. The maximum absolute atomic E-state index is 14.3. The van der Waals surface area contributed by atoms with Gasteiger partial charge in [-0.2, -0.15) is 4.31 Å². The SMILES string of the molecule is Cc1nc2ccc(S(=O)(=O)N(CC(C)C)C[C@@H](O)[C@H](Cc3ccccc3)NC(=O)O[C@H]3CO[C@H]4OCC[C@H]43)cc2n1Cc1ccccc1. The maximum Gasteiger partial charge on any atom is 0.407 e. The highest BCUT2D eigenvalue weighted by atomic mass is 32.2. The van der Waals surface area contributed by atoms with E-state index < -0.39 is 34.4 Å². The molecule has 5 atom stereocenters. The first-order valence-electron chi connectivity index (χ1n) is 16.5. The number of hydrogen-bond acceptors (Lipinski definition) is 8. The number of aliphatic hydroxyl groups excluding tert-OH is 1. The van der Waals surface area contributed by atoms with Gasteiger partial charge in [-0.05, 0) is 55.0 Å². The van der Waals surface area contributed by atoms with E-state index in [1.54, 1.807) is 18.2 Å². The molecule has 3 heterocycles. The van der Waals surface area contributed by atoms with Crippen LogP contribution in [0.3, 0.4) is 0 Å². The molecule has 0 spiro atoms. The highest BCUT2D eigenvalue weighted by Crippen LogP contribution is 2.33. The predicted molar refractivity (Wildman–Crippen MR) is 181 cm³/mol. The average Bonchev–Trinajstić information content (AvgIpc) is 3.77. The van der Waals surface area contributed by atoms with Gasteiger partial charge in [0.1, 0.15) is 11.9 Å². The number of ether oxygens (including phenoxy) is 3. The topological polar surface area (TPSA) is 132 Å². The van der Waals surface area contributed by atoms with Crippen molar-refractivity contribution in [3.63, 3.8) is 0 Å². The minimum absolute atomic E-state index is 0.0315. The van der Waals surface area contributed by atoms with Crippen LogP contribution in [0.15, 0.2) is 83.8 Å². The van der Waals surface area contributed by atoms with Crippen LogP contribution in [-0.4, -0.2) is 84.3 Å². The molecule has 1 amide bonds. The quantitative estimate of drug-likeness (QED) is 0.212. The number of alkyl carbamates (subject to hydrolysis) is 1. The number of amides is 1. The largest absolute Gasteiger partial charge is 0.443 e. The van der Waals surface area contributed by atoms with Gasteiger partial charge >= 0.3 is 6.09 Å². The molecule has 0 saturated carbocycles. The van der Waals surface area contributed by atoms with E-state index in [2.05, 4.69) is 10.3 Å². The fourth-order valence-electron chi connectivity index (χ4n) is 6.53. The van der Waals surface area contributed by atoms with E-state index >= 15 is 0 Å². The van der Waals surface area contributed by atoms with Crippen molar-refractivity contribution in [3.8, 4) is 0 Å². The summed E-state index contributed by atoms with van der Waals surface area (Å²) in [4.78, 5) is 18.0. The van der Waals surface area contributed by atoms with Crippen molar-refractivity contribution >= 4 is 27.1 Å². The number of rotatable bonds is 13. The molecule has 12 heteroatoms. The Bertz CT molecular complexity index is 1800. The molecule has 0 bridgehead atoms. The zero-order chi connectivity index (χ0) is 33.8. The number of carbonyl (C=O) groups excluding carboxylic acids is 1. The van der Waals surface area contributed by atoms with Crippen LogP contribution in [-0.2, 0) is 37.2 Å². The first kappa shape index (κ1) is 34.1. The molecule has 4 aromatic rings. The van der Waals surface area contributed by atoms with Crippen LogP contribution in [0.4, 0.5) is 4.79 Å². The first-order valence-corrected chi connectivity index (χ1v) is 18.0. The first-order chi connectivity index (χ1) is 23.1. The van der Waals surface area contributed by atoms with Gasteiger partial charge in [-0.3, -0.25) is 0 Å². The summed E-state index contributed by atoms with van der Waals surface area (Å²) in [7, 11) is -4.07. The molecule has 0 aliphatic carbocycles. The van der Waals surface area contributed by atoms with Gasteiger partial charge < -0.3 is 29.2 Å². The number of aliphatic hydroxyl groups is 1. The molecule has 256 valence electrons. The number of sulfonamides is 1. The Morgan fingerprint density at radius 3 is 2.46 bits per heavy atom. The van der Waals surface area contributed by atoms with Crippen LogP contribution in [0, 0.1) is 18.8 Å². The van der Waals surface area contributed by atoms with Gasteiger partial charge in [0, 0.05) is 19.6 Å². The number of nitrogens with one attached hydrogen (secondary N) is 1. The third kappa shape index (κ3) is 7.74. The number of aryl methyl sites for hydroxylation is 1. The maximum atomic E-state index is 14.3. The van der Waals surface area contributed by atoms with Crippen molar-refractivity contribution in [3.05, 3.63) is 95.8 Å². The van der Waals surface area contributed by atoms with Crippen LogP contribution in [0.2, 0.25) is 0 Å². The lowest BCUT2D eigenvalue weighted by Crippen LogP contribution is -2.51. The van der Waals surface area contributed by atoms with Gasteiger partial charge in [-0.25, -0.2) is 18.2 Å². The zero-order valence-electron chi connectivity index (χ0n) is 27.6. The van der Waals surface area contributed by atoms with Crippen LogP contribution in [0.5, 0.6) is 0 Å². The molecule has 2 aliphatic rings. The monoisotopic (exact) mass is 676 g/mol. The third-order valence-electron chi connectivity index (χ3n) is 9.00. The van der Waals surface area contributed by atoms with E-state index in [9.17, 15) is 18.3 Å². The Hall–Kier alpha value is -3.81. The van der Waals surface area contributed by atoms with Gasteiger partial charge in [0.15, 0.2) is 6.29 Å². The molecule has 11 nitrogen and oxygen atoms in total. The van der Waals surface area contributed by atoms with E-state index in [1.807, 2.05) is 86.0 Å². The van der Waals surface area contributed by atoms with E-state index in [0.29, 0.717) is 24.2 Å². The van der Waals surface area contributed by atoms with Crippen molar-refractivity contribution in [2.24, 2.45) is 11.8 Å². The van der Waals surface area contributed by atoms with E-state index in [-0.39, 0.29) is 49.1 Å². The van der Waals surface area contributed by atoms with E-state index in [1.165, 1.54) is 4.31 Å². The number of carbonyl (C=O) groups is 1. The fraction of sp³-hybridized carbons (Fsp3) is 0.444. The lowest BCUT2D eigenvalue weighted by atomic mass is 10.0. The average molecular weight is 677 g/mol.